The summed E-state index contributed by atoms with van der Waals surface area (Å²) in [6.07, 6.45) is 8.71. The first-order chi connectivity index (χ1) is 11.9. The molecule has 0 saturated carbocycles. The first-order valence-corrected chi connectivity index (χ1v) is 8.77. The van der Waals surface area contributed by atoms with E-state index in [0.29, 0.717) is 0 Å². The molecular weight excluding hydrogens is 298 g/mol. The number of H-pyrrole nitrogens is 1. The molecule has 0 unspecified atom stereocenters. The lowest BCUT2D eigenvalue weighted by atomic mass is 10.1. The van der Waals surface area contributed by atoms with Crippen LogP contribution in [0.25, 0.3) is 10.9 Å². The number of hydrogen-bond acceptors (Lipinski definition) is 4. The van der Waals surface area contributed by atoms with E-state index in [0.717, 1.165) is 37.8 Å². The van der Waals surface area contributed by atoms with E-state index >= 15 is 0 Å². The average molecular weight is 321 g/mol. The fraction of sp³-hybridized carbons (Fsp3) is 0.368. The van der Waals surface area contributed by atoms with Crippen LogP contribution in [0.1, 0.15) is 24.8 Å². The minimum atomic E-state index is 0.854. The highest BCUT2D eigenvalue weighted by molar-refractivity contribution is 5.83. The molecule has 3 aromatic rings. The van der Waals surface area contributed by atoms with Gasteiger partial charge in [0.2, 0.25) is 5.95 Å². The van der Waals surface area contributed by atoms with E-state index in [2.05, 4.69) is 55.6 Å². The number of anilines is 2. The smallest absolute Gasteiger partial charge is 0.227 e. The number of hydrogen-bond donors (Lipinski definition) is 2. The standard InChI is InChI=1S/C19H23N5/c1-4-12-24(13-5-1)19-21-11-9-18(23-19)20-10-8-15-14-22-17-7-3-2-6-16(15)17/h2-3,6-7,9,11,14,22H,1,4-5,8,10,12-13H2,(H,20,21,23). The molecule has 3 heterocycles. The number of fused-ring (bicyclic) bond motifs is 1. The first kappa shape index (κ1) is 15.0. The summed E-state index contributed by atoms with van der Waals surface area (Å²) in [6.45, 7) is 3.00. The van der Waals surface area contributed by atoms with Crippen molar-refractivity contribution in [2.75, 3.05) is 29.9 Å². The Kier molecular flexibility index (Phi) is 4.32. The number of para-hydroxylation sites is 1. The predicted octanol–water partition coefficient (Wildman–Crippen LogP) is 3.60. The molecule has 2 aromatic heterocycles. The summed E-state index contributed by atoms with van der Waals surface area (Å²) in [5, 5.41) is 4.74. The molecule has 1 saturated heterocycles. The summed E-state index contributed by atoms with van der Waals surface area (Å²) in [6, 6.07) is 10.4. The molecule has 0 aliphatic carbocycles. The lowest BCUT2D eigenvalue weighted by molar-refractivity contribution is 0.568. The number of nitrogens with zero attached hydrogens (tertiary/aromatic N) is 3. The number of aromatic nitrogens is 3. The number of aromatic amines is 1. The molecule has 4 rings (SSSR count). The second-order valence-corrected chi connectivity index (χ2v) is 6.33. The zero-order valence-electron chi connectivity index (χ0n) is 13.8. The van der Waals surface area contributed by atoms with E-state index < -0.39 is 0 Å². The van der Waals surface area contributed by atoms with Crippen molar-refractivity contribution in [2.45, 2.75) is 25.7 Å². The van der Waals surface area contributed by atoms with Crippen LogP contribution in [0.5, 0.6) is 0 Å². The monoisotopic (exact) mass is 321 g/mol. The molecule has 0 amide bonds. The van der Waals surface area contributed by atoms with Crippen LogP contribution in [0.3, 0.4) is 0 Å². The van der Waals surface area contributed by atoms with Gasteiger partial charge in [0.25, 0.3) is 0 Å². The molecule has 124 valence electrons. The maximum Gasteiger partial charge on any atom is 0.227 e. The van der Waals surface area contributed by atoms with Crippen molar-refractivity contribution in [3.63, 3.8) is 0 Å². The van der Waals surface area contributed by atoms with E-state index in [-0.39, 0.29) is 0 Å². The van der Waals surface area contributed by atoms with Crippen molar-refractivity contribution in [1.82, 2.24) is 15.0 Å². The van der Waals surface area contributed by atoms with Crippen molar-refractivity contribution in [1.29, 1.82) is 0 Å². The Hall–Kier alpha value is -2.56. The summed E-state index contributed by atoms with van der Waals surface area (Å²) in [5.41, 5.74) is 2.53. The van der Waals surface area contributed by atoms with Crippen LogP contribution in [-0.4, -0.2) is 34.6 Å². The molecule has 24 heavy (non-hydrogen) atoms. The summed E-state index contributed by atoms with van der Waals surface area (Å²) in [4.78, 5) is 14.7. The van der Waals surface area contributed by atoms with Crippen LogP contribution in [-0.2, 0) is 6.42 Å². The Morgan fingerprint density at radius 1 is 1.08 bits per heavy atom. The molecule has 5 nitrogen and oxygen atoms in total. The van der Waals surface area contributed by atoms with Gasteiger partial charge in [-0.25, -0.2) is 4.98 Å². The zero-order valence-corrected chi connectivity index (χ0v) is 13.8. The number of piperidine rings is 1. The fourth-order valence-corrected chi connectivity index (χ4v) is 3.36. The Labute approximate surface area is 142 Å². The molecule has 1 aliphatic heterocycles. The minimum absolute atomic E-state index is 0.854. The summed E-state index contributed by atoms with van der Waals surface area (Å²) in [7, 11) is 0. The van der Waals surface area contributed by atoms with Gasteiger partial charge in [0.1, 0.15) is 5.82 Å². The van der Waals surface area contributed by atoms with E-state index in [1.807, 2.05) is 12.3 Å². The quantitative estimate of drug-likeness (QED) is 0.754. The van der Waals surface area contributed by atoms with Gasteiger partial charge in [-0.2, -0.15) is 4.98 Å². The minimum Gasteiger partial charge on any atom is -0.370 e. The van der Waals surface area contributed by atoms with Gasteiger partial charge in [-0.15, -0.1) is 0 Å². The third-order valence-corrected chi connectivity index (χ3v) is 4.66. The average Bonchev–Trinajstić information content (AvgIpc) is 3.06. The van der Waals surface area contributed by atoms with Crippen molar-refractivity contribution in [2.24, 2.45) is 0 Å². The highest BCUT2D eigenvalue weighted by atomic mass is 15.3. The molecule has 0 radical (unpaired) electrons. The molecule has 0 spiro atoms. The topological polar surface area (TPSA) is 56.8 Å². The normalized spacial score (nSPS) is 14.9. The van der Waals surface area contributed by atoms with Gasteiger partial charge >= 0.3 is 0 Å². The predicted molar refractivity (Wildman–Crippen MR) is 98.6 cm³/mol. The van der Waals surface area contributed by atoms with E-state index in [1.54, 1.807) is 0 Å². The van der Waals surface area contributed by atoms with Gasteiger partial charge in [-0.1, -0.05) is 18.2 Å². The molecule has 0 bridgehead atoms. The molecular formula is C19H23N5. The Morgan fingerprint density at radius 3 is 2.88 bits per heavy atom. The maximum atomic E-state index is 4.67. The maximum absolute atomic E-state index is 4.67. The van der Waals surface area contributed by atoms with Crippen molar-refractivity contribution in [3.05, 3.63) is 48.3 Å². The van der Waals surface area contributed by atoms with Crippen LogP contribution in [0.2, 0.25) is 0 Å². The van der Waals surface area contributed by atoms with Gasteiger partial charge in [-0.05, 0) is 43.4 Å². The van der Waals surface area contributed by atoms with Crippen LogP contribution in [0.4, 0.5) is 11.8 Å². The fourth-order valence-electron chi connectivity index (χ4n) is 3.36. The van der Waals surface area contributed by atoms with Gasteiger partial charge in [-0.3, -0.25) is 0 Å². The lowest BCUT2D eigenvalue weighted by Gasteiger charge is -2.26. The highest BCUT2D eigenvalue weighted by Gasteiger charge is 2.13. The SMILES string of the molecule is c1ccc2c(CCNc3ccnc(N4CCCCC4)n3)c[nH]c2c1. The molecule has 2 N–H and O–H groups in total. The second kappa shape index (κ2) is 6.91. The Bertz CT molecular complexity index is 804. The summed E-state index contributed by atoms with van der Waals surface area (Å²) >= 11 is 0. The number of benzene rings is 1. The van der Waals surface area contributed by atoms with Gasteiger partial charge < -0.3 is 15.2 Å². The molecule has 5 heteroatoms. The van der Waals surface area contributed by atoms with E-state index in [4.69, 9.17) is 0 Å². The molecule has 1 aliphatic rings. The van der Waals surface area contributed by atoms with Crippen LogP contribution < -0.4 is 10.2 Å². The Balaban J connectivity index is 1.39. The lowest BCUT2D eigenvalue weighted by Crippen LogP contribution is -2.31. The zero-order chi connectivity index (χ0) is 16.2. The van der Waals surface area contributed by atoms with E-state index in [1.165, 1.54) is 35.7 Å². The summed E-state index contributed by atoms with van der Waals surface area (Å²) < 4.78 is 0. The Morgan fingerprint density at radius 2 is 1.96 bits per heavy atom. The molecule has 1 fully saturated rings. The van der Waals surface area contributed by atoms with Crippen molar-refractivity contribution in [3.8, 4) is 0 Å². The number of nitrogens with one attached hydrogen (secondary N) is 2. The second-order valence-electron chi connectivity index (χ2n) is 6.33. The first-order valence-electron chi connectivity index (χ1n) is 8.77. The van der Waals surface area contributed by atoms with E-state index in [9.17, 15) is 0 Å². The summed E-state index contributed by atoms with van der Waals surface area (Å²) in [5.74, 6) is 1.76. The van der Waals surface area contributed by atoms with Crippen LogP contribution in [0, 0.1) is 0 Å². The van der Waals surface area contributed by atoms with Crippen molar-refractivity contribution < 1.29 is 0 Å². The molecule has 0 atom stereocenters. The van der Waals surface area contributed by atoms with Crippen LogP contribution in [0.15, 0.2) is 42.7 Å². The van der Waals surface area contributed by atoms with Crippen molar-refractivity contribution >= 4 is 22.7 Å². The highest BCUT2D eigenvalue weighted by Crippen LogP contribution is 2.19. The number of rotatable bonds is 5. The third kappa shape index (κ3) is 3.20. The van der Waals surface area contributed by atoms with Crippen LogP contribution >= 0.6 is 0 Å². The molecule has 1 aromatic carbocycles. The van der Waals surface area contributed by atoms with Gasteiger partial charge in [0.05, 0.1) is 0 Å². The van der Waals surface area contributed by atoms with Gasteiger partial charge in [0.15, 0.2) is 0 Å². The largest absolute Gasteiger partial charge is 0.370 e. The third-order valence-electron chi connectivity index (χ3n) is 4.66. The van der Waals surface area contributed by atoms with Gasteiger partial charge in [0, 0.05) is 42.9 Å².